The van der Waals surface area contributed by atoms with E-state index in [4.69, 9.17) is 11.6 Å². The summed E-state index contributed by atoms with van der Waals surface area (Å²) >= 11 is 6.33. The fourth-order valence-electron chi connectivity index (χ4n) is 3.62. The molecule has 0 aliphatic rings. The lowest BCUT2D eigenvalue weighted by Gasteiger charge is -2.11. The molecule has 0 aliphatic heterocycles. The number of pyridine rings is 1. The molecule has 5 rings (SSSR count). The summed E-state index contributed by atoms with van der Waals surface area (Å²) in [5, 5.41) is 5.04. The Morgan fingerprint density at radius 3 is 2.12 bits per heavy atom. The van der Waals surface area contributed by atoms with Crippen molar-refractivity contribution >= 4 is 17.1 Å². The van der Waals surface area contributed by atoms with Gasteiger partial charge in [0.05, 0.1) is 22.5 Å². The van der Waals surface area contributed by atoms with E-state index in [9.17, 15) is 13.2 Å². The van der Waals surface area contributed by atoms with Gasteiger partial charge in [0.2, 0.25) is 0 Å². The Morgan fingerprint density at radius 2 is 1.53 bits per heavy atom. The van der Waals surface area contributed by atoms with Crippen LogP contribution in [-0.4, -0.2) is 19.6 Å². The van der Waals surface area contributed by atoms with Crippen LogP contribution in [0.1, 0.15) is 16.8 Å². The number of aromatic nitrogens is 4. The van der Waals surface area contributed by atoms with Crippen molar-refractivity contribution in [1.82, 2.24) is 19.6 Å². The average Bonchev–Trinajstić information content (AvgIpc) is 3.16. The molecule has 172 valence electrons. The van der Waals surface area contributed by atoms with E-state index < -0.39 is 11.7 Å². The summed E-state index contributed by atoms with van der Waals surface area (Å²) in [5.74, 6) is 0. The van der Waals surface area contributed by atoms with Gasteiger partial charge in [-0.3, -0.25) is 0 Å². The predicted octanol–water partition coefficient (Wildman–Crippen LogP) is 7.43. The summed E-state index contributed by atoms with van der Waals surface area (Å²) in [6, 6.07) is 18.4. The zero-order valence-corrected chi connectivity index (χ0v) is 19.1. The maximum Gasteiger partial charge on any atom is 0.416 e. The molecule has 34 heavy (non-hydrogen) atoms. The Morgan fingerprint density at radius 1 is 0.824 bits per heavy atom. The number of hydrogen-bond acceptors (Lipinski definition) is 3. The highest BCUT2D eigenvalue weighted by Gasteiger charge is 2.30. The summed E-state index contributed by atoms with van der Waals surface area (Å²) in [4.78, 5) is 7.35. The third kappa shape index (κ3) is 5.10. The molecule has 8 heteroatoms. The van der Waals surface area contributed by atoms with Crippen molar-refractivity contribution < 1.29 is 13.2 Å². The Bertz CT molecular complexity index is 1390. The Labute approximate surface area is 199 Å². The first-order valence-electron chi connectivity index (χ1n) is 10.4. The Balaban J connectivity index is 0.000000398. The zero-order chi connectivity index (χ0) is 24.3. The molecule has 5 aromatic rings. The molecule has 3 heterocycles. The molecule has 0 fully saturated rings. The lowest BCUT2D eigenvalue weighted by Crippen LogP contribution is -2.05. The number of fused-ring (bicyclic) bond motifs is 1. The van der Waals surface area contributed by atoms with E-state index in [0.29, 0.717) is 16.3 Å². The second-order valence-corrected chi connectivity index (χ2v) is 8.10. The number of rotatable bonds is 2. The second-order valence-electron chi connectivity index (χ2n) is 7.67. The highest BCUT2D eigenvalue weighted by Crippen LogP contribution is 2.36. The van der Waals surface area contributed by atoms with E-state index in [1.165, 1.54) is 12.4 Å². The Kier molecular flexibility index (Phi) is 6.65. The molecular formula is C26H20ClF3N4. The number of halogens is 4. The smallest absolute Gasteiger partial charge is 0.245 e. The van der Waals surface area contributed by atoms with E-state index in [1.807, 2.05) is 38.1 Å². The fourth-order valence-corrected chi connectivity index (χ4v) is 3.82. The molecule has 0 saturated carbocycles. The van der Waals surface area contributed by atoms with Crippen LogP contribution < -0.4 is 0 Å². The van der Waals surface area contributed by atoms with Gasteiger partial charge >= 0.3 is 6.18 Å². The van der Waals surface area contributed by atoms with Gasteiger partial charge in [-0.25, -0.2) is 14.5 Å². The van der Waals surface area contributed by atoms with E-state index in [0.717, 1.165) is 40.0 Å². The molecule has 3 aromatic heterocycles. The first kappa shape index (κ1) is 23.4. The van der Waals surface area contributed by atoms with Crippen LogP contribution >= 0.6 is 11.6 Å². The van der Waals surface area contributed by atoms with Crippen molar-refractivity contribution in [3.8, 4) is 22.4 Å². The van der Waals surface area contributed by atoms with Gasteiger partial charge < -0.3 is 0 Å². The molecule has 0 radical (unpaired) electrons. The molecule has 0 unspecified atom stereocenters. The summed E-state index contributed by atoms with van der Waals surface area (Å²) in [6.45, 7) is 3.89. The van der Waals surface area contributed by atoms with E-state index in [-0.39, 0.29) is 0 Å². The second kappa shape index (κ2) is 9.65. The fraction of sp³-hybridized carbons (Fsp3) is 0.115. The van der Waals surface area contributed by atoms with Gasteiger partial charge in [-0.1, -0.05) is 53.6 Å². The van der Waals surface area contributed by atoms with Crippen molar-refractivity contribution in [2.75, 3.05) is 0 Å². The lowest BCUT2D eigenvalue weighted by molar-refractivity contribution is -0.137. The van der Waals surface area contributed by atoms with E-state index in [1.54, 1.807) is 41.2 Å². The minimum atomic E-state index is -4.42. The maximum atomic E-state index is 13.2. The molecule has 0 bridgehead atoms. The highest BCUT2D eigenvalue weighted by atomic mass is 35.5. The third-order valence-electron chi connectivity index (χ3n) is 5.18. The van der Waals surface area contributed by atoms with Crippen LogP contribution in [0.25, 0.3) is 27.9 Å². The summed E-state index contributed by atoms with van der Waals surface area (Å²) in [7, 11) is 0. The van der Waals surface area contributed by atoms with Gasteiger partial charge in [-0.05, 0) is 49.7 Å². The molecule has 0 saturated heterocycles. The average molecular weight is 481 g/mol. The number of hydrogen-bond donors (Lipinski definition) is 0. The van der Waals surface area contributed by atoms with Gasteiger partial charge in [-0.15, -0.1) is 0 Å². The van der Waals surface area contributed by atoms with Crippen molar-refractivity contribution in [3.63, 3.8) is 0 Å². The molecule has 0 atom stereocenters. The molecule has 0 amide bonds. The SMILES string of the molecule is Cc1ccc(-c2c(C)nn3c(-c4cccc(C(F)(F)F)c4)cc(Cl)cc23)cc1.c1cncnc1. The topological polar surface area (TPSA) is 43.1 Å². The molecule has 2 aromatic carbocycles. The van der Waals surface area contributed by atoms with Gasteiger partial charge in [-0.2, -0.15) is 18.3 Å². The van der Waals surface area contributed by atoms with E-state index in [2.05, 4.69) is 15.1 Å². The van der Waals surface area contributed by atoms with Gasteiger partial charge in [0.25, 0.3) is 0 Å². The molecule has 0 spiro atoms. The first-order chi connectivity index (χ1) is 16.2. The monoisotopic (exact) mass is 480 g/mol. The van der Waals surface area contributed by atoms with Crippen molar-refractivity contribution in [2.24, 2.45) is 0 Å². The molecular weight excluding hydrogens is 461 g/mol. The van der Waals surface area contributed by atoms with Crippen molar-refractivity contribution in [3.05, 3.63) is 107 Å². The number of nitrogens with zero attached hydrogens (tertiary/aromatic N) is 4. The van der Waals surface area contributed by atoms with Gasteiger partial charge in [0.15, 0.2) is 0 Å². The summed E-state index contributed by atoms with van der Waals surface area (Å²) in [5.41, 5.74) is 4.77. The number of aryl methyl sites for hydroxylation is 2. The van der Waals surface area contributed by atoms with Crippen molar-refractivity contribution in [2.45, 2.75) is 20.0 Å². The number of benzene rings is 2. The quantitative estimate of drug-likeness (QED) is 0.264. The minimum Gasteiger partial charge on any atom is -0.245 e. The standard InChI is InChI=1S/C22H16ClF3N2.C4H4N2/c1-13-6-8-15(9-7-13)21-14(2)27-28-19(11-18(23)12-20(21)28)16-4-3-5-17(10-16)22(24,25)26;1-2-5-4-6-3-1/h3-12H,1-2H3;1-4H. The first-order valence-corrected chi connectivity index (χ1v) is 10.8. The van der Waals surface area contributed by atoms with Gasteiger partial charge in [0, 0.05) is 28.5 Å². The van der Waals surface area contributed by atoms with E-state index >= 15 is 0 Å². The summed E-state index contributed by atoms with van der Waals surface area (Å²) < 4.78 is 41.1. The normalized spacial score (nSPS) is 11.2. The van der Waals surface area contributed by atoms with Crippen molar-refractivity contribution in [1.29, 1.82) is 0 Å². The maximum absolute atomic E-state index is 13.2. The molecule has 4 nitrogen and oxygen atoms in total. The minimum absolute atomic E-state index is 0.403. The largest absolute Gasteiger partial charge is 0.416 e. The van der Waals surface area contributed by atoms with Crippen LogP contribution in [0.4, 0.5) is 13.2 Å². The Hall–Kier alpha value is -3.71. The lowest BCUT2D eigenvalue weighted by atomic mass is 10.0. The zero-order valence-electron chi connectivity index (χ0n) is 18.4. The molecule has 0 aliphatic carbocycles. The van der Waals surface area contributed by atoms with Gasteiger partial charge in [0.1, 0.15) is 6.33 Å². The highest BCUT2D eigenvalue weighted by molar-refractivity contribution is 6.31. The number of alkyl halides is 3. The molecule has 0 N–H and O–H groups in total. The predicted molar refractivity (Wildman–Crippen MR) is 128 cm³/mol. The third-order valence-corrected chi connectivity index (χ3v) is 5.40. The van der Waals surface area contributed by atoms with Crippen LogP contribution in [-0.2, 0) is 6.18 Å². The van der Waals surface area contributed by atoms with Crippen LogP contribution in [0.2, 0.25) is 5.02 Å². The van der Waals surface area contributed by atoms with Crippen LogP contribution in [0.5, 0.6) is 0 Å². The summed E-state index contributed by atoms with van der Waals surface area (Å²) in [6.07, 6.45) is 0.459. The van der Waals surface area contributed by atoms with Crippen LogP contribution in [0.15, 0.2) is 85.5 Å². The van der Waals surface area contributed by atoms with Crippen LogP contribution in [0, 0.1) is 13.8 Å². The van der Waals surface area contributed by atoms with Crippen LogP contribution in [0.3, 0.4) is 0 Å².